The van der Waals surface area contributed by atoms with Gasteiger partial charge in [-0.3, -0.25) is 0 Å². The Morgan fingerprint density at radius 3 is 2.80 bits per heavy atom. The molecule has 0 saturated heterocycles. The molecule has 0 aliphatic carbocycles. The van der Waals surface area contributed by atoms with Crippen molar-refractivity contribution in [2.75, 3.05) is 0 Å². The maximum atomic E-state index is 10.1. The molecule has 3 nitrogen and oxygen atoms in total. The number of benzene rings is 1. The molecule has 0 fully saturated rings. The molecule has 0 bridgehead atoms. The van der Waals surface area contributed by atoms with Crippen LogP contribution in [0.3, 0.4) is 0 Å². The van der Waals surface area contributed by atoms with Crippen LogP contribution in [0.2, 0.25) is 0 Å². The maximum Gasteiger partial charge on any atom is 0.120 e. The molecule has 0 radical (unpaired) electrons. The first kappa shape index (κ1) is 15.5. The predicted molar refractivity (Wildman–Crippen MR) is 87.2 cm³/mol. The van der Waals surface area contributed by atoms with Gasteiger partial charge in [-0.2, -0.15) is 0 Å². The van der Waals surface area contributed by atoms with Crippen LogP contribution in [-0.2, 0) is 0 Å². The number of phenols is 1. The second kappa shape index (κ2) is 6.70. The van der Waals surface area contributed by atoms with Crippen molar-refractivity contribution >= 4 is 27.3 Å². The Hall–Kier alpha value is -0.910. The molecule has 0 aliphatic rings. The molecular weight excluding hydrogens is 336 g/mol. The average molecular weight is 355 g/mol. The number of hydrogen-bond donors (Lipinski definition) is 2. The SMILES string of the molecule is CCC(NC(C)c1ncc(C)s1)c1cc(Br)ccc1O. The van der Waals surface area contributed by atoms with Crippen LogP contribution in [0.25, 0.3) is 0 Å². The summed E-state index contributed by atoms with van der Waals surface area (Å²) in [5.74, 6) is 0.329. The fraction of sp³-hybridized carbons (Fsp3) is 0.400. The molecule has 2 N–H and O–H groups in total. The van der Waals surface area contributed by atoms with Crippen molar-refractivity contribution in [3.8, 4) is 5.75 Å². The average Bonchev–Trinajstić information content (AvgIpc) is 2.85. The van der Waals surface area contributed by atoms with Crippen LogP contribution in [0.4, 0.5) is 0 Å². The predicted octanol–water partition coefficient (Wildman–Crippen LogP) is 4.72. The third kappa shape index (κ3) is 3.59. The van der Waals surface area contributed by atoms with Gasteiger partial charge < -0.3 is 10.4 Å². The highest BCUT2D eigenvalue weighted by molar-refractivity contribution is 9.10. The number of rotatable bonds is 5. The van der Waals surface area contributed by atoms with Gasteiger partial charge in [0.1, 0.15) is 10.8 Å². The summed E-state index contributed by atoms with van der Waals surface area (Å²) in [5, 5.41) is 14.7. The molecule has 0 saturated carbocycles. The van der Waals surface area contributed by atoms with Gasteiger partial charge in [-0.05, 0) is 38.5 Å². The fourth-order valence-corrected chi connectivity index (χ4v) is 3.34. The lowest BCUT2D eigenvalue weighted by molar-refractivity contribution is 0.418. The molecule has 2 unspecified atom stereocenters. The molecule has 0 aliphatic heterocycles. The van der Waals surface area contributed by atoms with Crippen molar-refractivity contribution in [3.63, 3.8) is 0 Å². The van der Waals surface area contributed by atoms with Gasteiger partial charge in [0.05, 0.1) is 6.04 Å². The van der Waals surface area contributed by atoms with Crippen molar-refractivity contribution in [1.29, 1.82) is 0 Å². The Morgan fingerprint density at radius 1 is 1.45 bits per heavy atom. The number of hydrogen-bond acceptors (Lipinski definition) is 4. The first-order valence-corrected chi connectivity index (χ1v) is 8.29. The van der Waals surface area contributed by atoms with Crippen LogP contribution in [0, 0.1) is 6.92 Å². The molecule has 5 heteroatoms. The highest BCUT2D eigenvalue weighted by Gasteiger charge is 2.18. The summed E-state index contributed by atoms with van der Waals surface area (Å²) in [5.41, 5.74) is 0.919. The summed E-state index contributed by atoms with van der Waals surface area (Å²) in [7, 11) is 0. The highest BCUT2D eigenvalue weighted by atomic mass is 79.9. The third-order valence-corrected chi connectivity index (χ3v) is 4.82. The largest absolute Gasteiger partial charge is 0.508 e. The molecule has 108 valence electrons. The first-order valence-electron chi connectivity index (χ1n) is 6.68. The van der Waals surface area contributed by atoms with Gasteiger partial charge in [0.25, 0.3) is 0 Å². The molecule has 1 heterocycles. The van der Waals surface area contributed by atoms with Crippen LogP contribution in [0.15, 0.2) is 28.9 Å². The van der Waals surface area contributed by atoms with Crippen molar-refractivity contribution in [3.05, 3.63) is 44.3 Å². The second-order valence-electron chi connectivity index (χ2n) is 4.86. The Bertz CT molecular complexity index is 585. The van der Waals surface area contributed by atoms with Gasteiger partial charge in [0, 0.05) is 27.2 Å². The third-order valence-electron chi connectivity index (χ3n) is 3.23. The van der Waals surface area contributed by atoms with Crippen LogP contribution in [0.5, 0.6) is 5.75 Å². The monoisotopic (exact) mass is 354 g/mol. The molecule has 0 amide bonds. The first-order chi connectivity index (χ1) is 9.51. The molecule has 0 spiro atoms. The van der Waals surface area contributed by atoms with E-state index >= 15 is 0 Å². The minimum atomic E-state index is 0.103. The van der Waals surface area contributed by atoms with Crippen molar-refractivity contribution in [2.45, 2.75) is 39.3 Å². The van der Waals surface area contributed by atoms with Gasteiger partial charge in [-0.15, -0.1) is 11.3 Å². The quantitative estimate of drug-likeness (QED) is 0.816. The minimum absolute atomic E-state index is 0.103. The molecule has 20 heavy (non-hydrogen) atoms. The van der Waals surface area contributed by atoms with E-state index in [1.54, 1.807) is 17.4 Å². The number of nitrogens with zero attached hydrogens (tertiary/aromatic N) is 1. The van der Waals surface area contributed by atoms with E-state index in [0.29, 0.717) is 5.75 Å². The molecule has 1 aromatic heterocycles. The van der Waals surface area contributed by atoms with Gasteiger partial charge in [0.15, 0.2) is 0 Å². The van der Waals surface area contributed by atoms with Crippen LogP contribution in [-0.4, -0.2) is 10.1 Å². The van der Waals surface area contributed by atoms with Crippen LogP contribution >= 0.6 is 27.3 Å². The lowest BCUT2D eigenvalue weighted by Crippen LogP contribution is -2.24. The van der Waals surface area contributed by atoms with E-state index in [2.05, 4.69) is 47.0 Å². The number of phenolic OH excluding ortho intramolecular Hbond substituents is 1. The van der Waals surface area contributed by atoms with E-state index in [1.165, 1.54) is 4.88 Å². The Balaban J connectivity index is 2.18. The number of nitrogens with one attached hydrogen (secondary N) is 1. The van der Waals surface area contributed by atoms with Crippen LogP contribution < -0.4 is 5.32 Å². The van der Waals surface area contributed by atoms with Crippen molar-refractivity contribution in [1.82, 2.24) is 10.3 Å². The number of aromatic hydroxyl groups is 1. The number of halogens is 1. The van der Waals surface area contributed by atoms with Crippen molar-refractivity contribution < 1.29 is 5.11 Å². The van der Waals surface area contributed by atoms with Gasteiger partial charge >= 0.3 is 0 Å². The smallest absolute Gasteiger partial charge is 0.120 e. The normalized spacial score (nSPS) is 14.2. The topological polar surface area (TPSA) is 45.2 Å². The number of aromatic nitrogens is 1. The summed E-state index contributed by atoms with van der Waals surface area (Å²) in [6.07, 6.45) is 2.80. The Kier molecular flexibility index (Phi) is 5.18. The minimum Gasteiger partial charge on any atom is -0.508 e. The standard InChI is InChI=1S/C15H19BrN2OS/c1-4-13(12-7-11(16)5-6-14(12)19)18-10(3)15-17-8-9(2)20-15/h5-8,10,13,18-19H,4H2,1-3H3. The van der Waals surface area contributed by atoms with Gasteiger partial charge in [-0.25, -0.2) is 4.98 Å². The molecule has 2 rings (SSSR count). The maximum absolute atomic E-state index is 10.1. The Labute approximate surface area is 132 Å². The summed E-state index contributed by atoms with van der Waals surface area (Å²) in [6.45, 7) is 6.28. The molecule has 1 aromatic carbocycles. The van der Waals surface area contributed by atoms with Gasteiger partial charge in [-0.1, -0.05) is 22.9 Å². The van der Waals surface area contributed by atoms with E-state index in [1.807, 2.05) is 18.3 Å². The lowest BCUT2D eigenvalue weighted by Gasteiger charge is -2.22. The second-order valence-corrected chi connectivity index (χ2v) is 7.04. The zero-order valence-corrected chi connectivity index (χ0v) is 14.3. The van der Waals surface area contributed by atoms with E-state index in [-0.39, 0.29) is 12.1 Å². The molecule has 2 aromatic rings. The highest BCUT2D eigenvalue weighted by Crippen LogP contribution is 2.31. The zero-order valence-electron chi connectivity index (χ0n) is 11.9. The number of thiazole rings is 1. The molecule has 2 atom stereocenters. The van der Waals surface area contributed by atoms with Gasteiger partial charge in [0.2, 0.25) is 0 Å². The Morgan fingerprint density at radius 2 is 2.20 bits per heavy atom. The summed E-state index contributed by atoms with van der Waals surface area (Å²) in [4.78, 5) is 5.64. The lowest BCUT2D eigenvalue weighted by atomic mass is 10.0. The van der Waals surface area contributed by atoms with E-state index in [4.69, 9.17) is 0 Å². The fourth-order valence-electron chi connectivity index (χ4n) is 2.18. The summed E-state index contributed by atoms with van der Waals surface area (Å²) >= 11 is 5.16. The van der Waals surface area contributed by atoms with Crippen LogP contribution in [0.1, 0.15) is 47.8 Å². The van der Waals surface area contributed by atoms with E-state index in [9.17, 15) is 5.11 Å². The van der Waals surface area contributed by atoms with E-state index in [0.717, 1.165) is 21.5 Å². The summed E-state index contributed by atoms with van der Waals surface area (Å²) in [6, 6.07) is 5.81. The van der Waals surface area contributed by atoms with E-state index < -0.39 is 0 Å². The molecular formula is C15H19BrN2OS. The zero-order chi connectivity index (χ0) is 14.7. The van der Waals surface area contributed by atoms with Crippen molar-refractivity contribution in [2.24, 2.45) is 0 Å². The summed E-state index contributed by atoms with van der Waals surface area (Å²) < 4.78 is 0.975. The number of aryl methyl sites for hydroxylation is 1.